The molecule has 114 valence electrons. The first-order valence-electron chi connectivity index (χ1n) is 6.82. The van der Waals surface area contributed by atoms with Gasteiger partial charge in [-0.1, -0.05) is 18.5 Å². The summed E-state index contributed by atoms with van der Waals surface area (Å²) >= 11 is 6.11. The highest BCUT2D eigenvalue weighted by Crippen LogP contribution is 2.39. The zero-order chi connectivity index (χ0) is 15.6. The molecular formula is C14H17ClN2O4. The molecule has 0 atom stereocenters. The molecule has 0 amide bonds. The number of anilines is 1. The van der Waals surface area contributed by atoms with Crippen LogP contribution in [0.1, 0.15) is 26.2 Å². The van der Waals surface area contributed by atoms with E-state index in [9.17, 15) is 20.0 Å². The molecule has 1 N–H and O–H groups in total. The number of halogens is 1. The Morgan fingerprint density at radius 3 is 2.52 bits per heavy atom. The normalized spacial score (nSPS) is 17.5. The highest BCUT2D eigenvalue weighted by Gasteiger charge is 2.40. The van der Waals surface area contributed by atoms with E-state index in [4.69, 9.17) is 11.6 Å². The van der Waals surface area contributed by atoms with Crippen molar-refractivity contribution in [3.05, 3.63) is 33.3 Å². The first-order chi connectivity index (χ1) is 9.89. The number of nitro benzene ring substituents is 1. The molecule has 1 fully saturated rings. The van der Waals surface area contributed by atoms with Gasteiger partial charge in [0.2, 0.25) is 0 Å². The van der Waals surface area contributed by atoms with Crippen molar-refractivity contribution in [2.45, 2.75) is 26.2 Å². The van der Waals surface area contributed by atoms with Crippen LogP contribution < -0.4 is 4.90 Å². The Morgan fingerprint density at radius 1 is 1.48 bits per heavy atom. The molecule has 0 radical (unpaired) electrons. The second-order valence-corrected chi connectivity index (χ2v) is 5.73. The molecule has 0 aromatic heterocycles. The van der Waals surface area contributed by atoms with Crippen molar-refractivity contribution in [1.29, 1.82) is 0 Å². The minimum absolute atomic E-state index is 0.0470. The minimum atomic E-state index is -0.751. The van der Waals surface area contributed by atoms with Crippen molar-refractivity contribution in [2.75, 3.05) is 18.0 Å². The Kier molecular flexibility index (Phi) is 4.37. The van der Waals surface area contributed by atoms with Crippen LogP contribution in [0, 0.1) is 15.5 Å². The monoisotopic (exact) mass is 312 g/mol. The zero-order valence-electron chi connectivity index (χ0n) is 11.7. The second kappa shape index (κ2) is 5.89. The lowest BCUT2D eigenvalue weighted by Crippen LogP contribution is -2.44. The van der Waals surface area contributed by atoms with Gasteiger partial charge in [-0.05, 0) is 25.3 Å². The summed E-state index contributed by atoms with van der Waals surface area (Å²) in [5.41, 5.74) is 0.00980. The van der Waals surface area contributed by atoms with Crippen LogP contribution in [0.5, 0.6) is 0 Å². The van der Waals surface area contributed by atoms with Crippen molar-refractivity contribution in [3.63, 3.8) is 0 Å². The number of nitro groups is 1. The third-order valence-electron chi connectivity index (χ3n) is 4.33. The molecule has 7 heteroatoms. The van der Waals surface area contributed by atoms with Crippen molar-refractivity contribution in [1.82, 2.24) is 0 Å². The lowest BCUT2D eigenvalue weighted by atomic mass is 9.76. The van der Waals surface area contributed by atoms with Crippen LogP contribution in [0.15, 0.2) is 18.2 Å². The summed E-state index contributed by atoms with van der Waals surface area (Å²) in [4.78, 5) is 23.6. The topological polar surface area (TPSA) is 83.7 Å². The Balaban J connectivity index is 2.16. The molecule has 2 rings (SSSR count). The summed E-state index contributed by atoms with van der Waals surface area (Å²) < 4.78 is 0. The number of carbonyl (C=O) groups is 1. The number of carboxylic acid groups (broad SMARTS) is 1. The number of rotatable bonds is 4. The maximum absolute atomic E-state index is 11.4. The first kappa shape index (κ1) is 15.6. The Morgan fingerprint density at radius 2 is 2.10 bits per heavy atom. The molecule has 21 heavy (non-hydrogen) atoms. The van der Waals surface area contributed by atoms with Crippen LogP contribution in [-0.4, -0.2) is 29.1 Å². The number of non-ortho nitro benzene ring substituents is 1. The SMILES string of the molecule is CCC1(C(=O)O)CCN(c2ccc([N+](=O)[O-])cc2Cl)CC1. The molecule has 0 saturated carbocycles. The second-order valence-electron chi connectivity index (χ2n) is 5.32. The quantitative estimate of drug-likeness (QED) is 0.681. The van der Waals surface area contributed by atoms with E-state index < -0.39 is 16.3 Å². The fraction of sp³-hybridized carbons (Fsp3) is 0.500. The molecule has 6 nitrogen and oxygen atoms in total. The third kappa shape index (κ3) is 2.95. The molecule has 1 saturated heterocycles. The van der Waals surface area contributed by atoms with E-state index >= 15 is 0 Å². The average molecular weight is 313 g/mol. The number of benzene rings is 1. The summed E-state index contributed by atoms with van der Waals surface area (Å²) in [5.74, 6) is -0.751. The highest BCUT2D eigenvalue weighted by molar-refractivity contribution is 6.33. The van der Waals surface area contributed by atoms with Gasteiger partial charge in [-0.2, -0.15) is 0 Å². The summed E-state index contributed by atoms with van der Waals surface area (Å²) in [6.07, 6.45) is 1.70. The maximum atomic E-state index is 11.4. The molecular weight excluding hydrogens is 296 g/mol. The predicted molar refractivity (Wildman–Crippen MR) is 79.9 cm³/mol. The van der Waals surface area contributed by atoms with Crippen LogP contribution >= 0.6 is 11.6 Å². The molecule has 1 aliphatic heterocycles. The summed E-state index contributed by atoms with van der Waals surface area (Å²) in [6.45, 7) is 3.05. The van der Waals surface area contributed by atoms with E-state index in [0.29, 0.717) is 37.4 Å². The molecule has 0 spiro atoms. The Labute approximate surface area is 127 Å². The van der Waals surface area contributed by atoms with Gasteiger partial charge in [-0.15, -0.1) is 0 Å². The van der Waals surface area contributed by atoms with E-state index in [0.717, 1.165) is 5.69 Å². The lowest BCUT2D eigenvalue weighted by Gasteiger charge is -2.39. The van der Waals surface area contributed by atoms with Crippen LogP contribution in [0.4, 0.5) is 11.4 Å². The smallest absolute Gasteiger partial charge is 0.309 e. The van der Waals surface area contributed by atoms with E-state index in [2.05, 4.69) is 0 Å². The van der Waals surface area contributed by atoms with Gasteiger partial charge in [0, 0.05) is 25.2 Å². The zero-order valence-corrected chi connectivity index (χ0v) is 12.5. The molecule has 1 aromatic carbocycles. The summed E-state index contributed by atoms with van der Waals surface area (Å²) in [7, 11) is 0. The summed E-state index contributed by atoms with van der Waals surface area (Å²) in [6, 6.07) is 4.37. The number of hydrogen-bond acceptors (Lipinski definition) is 4. The van der Waals surface area contributed by atoms with Crippen molar-refractivity contribution >= 4 is 28.9 Å². The standard InChI is InChI=1S/C14H17ClN2O4/c1-2-14(13(18)19)5-7-16(8-6-14)12-4-3-10(17(20)21)9-11(12)15/h3-4,9H,2,5-8H2,1H3,(H,18,19). The van der Waals surface area contributed by atoms with E-state index in [-0.39, 0.29) is 5.69 Å². The molecule has 0 unspecified atom stereocenters. The van der Waals surface area contributed by atoms with Crippen molar-refractivity contribution in [3.8, 4) is 0 Å². The number of piperidine rings is 1. The third-order valence-corrected chi connectivity index (χ3v) is 4.64. The van der Waals surface area contributed by atoms with Gasteiger partial charge in [0.1, 0.15) is 0 Å². The van der Waals surface area contributed by atoms with Crippen LogP contribution in [0.25, 0.3) is 0 Å². The summed E-state index contributed by atoms with van der Waals surface area (Å²) in [5, 5.41) is 20.4. The minimum Gasteiger partial charge on any atom is -0.481 e. The average Bonchev–Trinajstić information content (AvgIpc) is 2.47. The van der Waals surface area contributed by atoms with Gasteiger partial charge in [0.15, 0.2) is 0 Å². The van der Waals surface area contributed by atoms with E-state index in [1.807, 2.05) is 11.8 Å². The molecule has 1 heterocycles. The molecule has 1 aromatic rings. The molecule has 0 aliphatic carbocycles. The maximum Gasteiger partial charge on any atom is 0.309 e. The van der Waals surface area contributed by atoms with Gasteiger partial charge < -0.3 is 10.0 Å². The van der Waals surface area contributed by atoms with E-state index in [1.165, 1.54) is 12.1 Å². The van der Waals surface area contributed by atoms with Gasteiger partial charge in [-0.3, -0.25) is 14.9 Å². The number of nitrogens with zero attached hydrogens (tertiary/aromatic N) is 2. The van der Waals surface area contributed by atoms with Gasteiger partial charge in [0.25, 0.3) is 5.69 Å². The van der Waals surface area contributed by atoms with Gasteiger partial charge in [0.05, 0.1) is 21.0 Å². The Hall–Kier alpha value is -1.82. The number of hydrogen-bond donors (Lipinski definition) is 1. The lowest BCUT2D eigenvalue weighted by molar-refractivity contribution is -0.384. The fourth-order valence-corrected chi connectivity index (χ4v) is 3.05. The van der Waals surface area contributed by atoms with Crippen LogP contribution in [-0.2, 0) is 4.79 Å². The van der Waals surface area contributed by atoms with Gasteiger partial charge in [-0.25, -0.2) is 0 Å². The largest absolute Gasteiger partial charge is 0.481 e. The van der Waals surface area contributed by atoms with Crippen molar-refractivity contribution < 1.29 is 14.8 Å². The van der Waals surface area contributed by atoms with Crippen LogP contribution in [0.3, 0.4) is 0 Å². The highest BCUT2D eigenvalue weighted by atomic mass is 35.5. The van der Waals surface area contributed by atoms with E-state index in [1.54, 1.807) is 6.07 Å². The first-order valence-corrected chi connectivity index (χ1v) is 7.20. The number of aliphatic carboxylic acids is 1. The van der Waals surface area contributed by atoms with Crippen molar-refractivity contribution in [2.24, 2.45) is 5.41 Å². The van der Waals surface area contributed by atoms with Crippen LogP contribution in [0.2, 0.25) is 5.02 Å². The number of carboxylic acids is 1. The Bertz CT molecular complexity index is 568. The predicted octanol–water partition coefficient (Wildman–Crippen LogP) is 3.33. The fourth-order valence-electron chi connectivity index (χ4n) is 2.76. The molecule has 0 bridgehead atoms. The molecule has 1 aliphatic rings. The van der Waals surface area contributed by atoms with Gasteiger partial charge >= 0.3 is 5.97 Å².